The van der Waals surface area contributed by atoms with Gasteiger partial charge in [-0.25, -0.2) is 4.79 Å². The lowest BCUT2D eigenvalue weighted by atomic mass is 10.2. The van der Waals surface area contributed by atoms with Gasteiger partial charge in [-0.1, -0.05) is 5.92 Å². The molecule has 0 atom stereocenters. The van der Waals surface area contributed by atoms with Crippen molar-refractivity contribution < 1.29 is 9.90 Å². The van der Waals surface area contributed by atoms with Crippen LogP contribution < -0.4 is 0 Å². The molecule has 1 rings (SSSR count). The third-order valence-corrected chi connectivity index (χ3v) is 2.22. The van der Waals surface area contributed by atoms with E-state index in [1.165, 1.54) is 0 Å². The maximum Gasteiger partial charge on any atom is 0.337 e. The quantitative estimate of drug-likeness (QED) is 0.724. The van der Waals surface area contributed by atoms with E-state index in [-0.39, 0.29) is 0 Å². The molecule has 0 aliphatic rings. The molecule has 0 radical (unpaired) electrons. The van der Waals surface area contributed by atoms with Gasteiger partial charge < -0.3 is 9.67 Å². The topological polar surface area (TPSA) is 42.2 Å². The summed E-state index contributed by atoms with van der Waals surface area (Å²) >= 11 is 0. The van der Waals surface area contributed by atoms with E-state index in [0.717, 1.165) is 11.4 Å². The van der Waals surface area contributed by atoms with Crippen molar-refractivity contribution in [1.82, 2.24) is 4.57 Å². The van der Waals surface area contributed by atoms with Crippen LogP contribution >= 0.6 is 0 Å². The first-order valence-electron chi connectivity index (χ1n) is 4.37. The van der Waals surface area contributed by atoms with Crippen molar-refractivity contribution in [3.8, 4) is 11.8 Å². The molecule has 1 aromatic rings. The molecule has 14 heavy (non-hydrogen) atoms. The van der Waals surface area contributed by atoms with E-state index in [1.807, 2.05) is 11.5 Å². The molecule has 0 aliphatic carbocycles. The molecule has 1 N–H and O–H groups in total. The van der Waals surface area contributed by atoms with Gasteiger partial charge in [0.25, 0.3) is 0 Å². The summed E-state index contributed by atoms with van der Waals surface area (Å²) in [7, 11) is 0. The summed E-state index contributed by atoms with van der Waals surface area (Å²) in [6, 6.07) is 1.68. The molecule has 0 amide bonds. The second-order valence-corrected chi connectivity index (χ2v) is 3.10. The highest BCUT2D eigenvalue weighted by atomic mass is 16.4. The van der Waals surface area contributed by atoms with E-state index < -0.39 is 5.97 Å². The number of hydrogen-bond donors (Lipinski definition) is 1. The molecule has 3 heteroatoms. The molecule has 0 unspecified atom stereocenters. The maximum atomic E-state index is 10.8. The van der Waals surface area contributed by atoms with Crippen LogP contribution in [0.5, 0.6) is 0 Å². The Morgan fingerprint density at radius 2 is 2.21 bits per heavy atom. The maximum absolute atomic E-state index is 10.8. The molecule has 74 valence electrons. The van der Waals surface area contributed by atoms with Crippen LogP contribution in [0.15, 0.2) is 6.07 Å². The second-order valence-electron chi connectivity index (χ2n) is 3.10. The van der Waals surface area contributed by atoms with Gasteiger partial charge in [0.05, 0.1) is 12.1 Å². The third kappa shape index (κ3) is 1.80. The van der Waals surface area contributed by atoms with Crippen LogP contribution in [-0.2, 0) is 6.54 Å². The van der Waals surface area contributed by atoms with Crippen LogP contribution in [0.1, 0.15) is 28.7 Å². The number of aryl methyl sites for hydroxylation is 1. The Kier molecular flexibility index (Phi) is 2.98. The molecule has 3 nitrogen and oxygen atoms in total. The molecule has 0 saturated heterocycles. The summed E-state index contributed by atoms with van der Waals surface area (Å²) in [6.07, 6.45) is 0. The normalized spacial score (nSPS) is 9.36. The zero-order chi connectivity index (χ0) is 10.7. The predicted molar refractivity (Wildman–Crippen MR) is 54.3 cm³/mol. The number of aromatic nitrogens is 1. The first kappa shape index (κ1) is 10.4. The molecular weight excluding hydrogens is 178 g/mol. The fourth-order valence-electron chi connectivity index (χ4n) is 1.42. The van der Waals surface area contributed by atoms with E-state index in [0.29, 0.717) is 12.1 Å². The molecule has 0 aliphatic heterocycles. The van der Waals surface area contributed by atoms with Gasteiger partial charge in [-0.2, -0.15) is 0 Å². The van der Waals surface area contributed by atoms with Gasteiger partial charge in [0.15, 0.2) is 0 Å². The summed E-state index contributed by atoms with van der Waals surface area (Å²) < 4.78 is 1.90. The Bertz CT molecular complexity index is 418. The van der Waals surface area contributed by atoms with Crippen molar-refractivity contribution >= 4 is 5.97 Å². The average molecular weight is 191 g/mol. The average Bonchev–Trinajstić information content (AvgIpc) is 2.40. The number of hydrogen-bond acceptors (Lipinski definition) is 1. The first-order chi connectivity index (χ1) is 6.57. The Balaban J connectivity index is 3.15. The first-order valence-corrected chi connectivity index (χ1v) is 4.37. The summed E-state index contributed by atoms with van der Waals surface area (Å²) in [5, 5.41) is 8.88. The summed E-state index contributed by atoms with van der Waals surface area (Å²) in [4.78, 5) is 10.8. The smallest absolute Gasteiger partial charge is 0.337 e. The fraction of sp³-hybridized carbons (Fsp3) is 0.364. The SMILES string of the molecule is CC#CCn1c(C)cc(C(=O)O)c1C. The Labute approximate surface area is 83.4 Å². The highest BCUT2D eigenvalue weighted by Crippen LogP contribution is 2.14. The molecule has 0 spiro atoms. The summed E-state index contributed by atoms with van der Waals surface area (Å²) in [5.41, 5.74) is 2.06. The van der Waals surface area contributed by atoms with Crippen molar-refractivity contribution in [2.45, 2.75) is 27.3 Å². The molecule has 0 fully saturated rings. The molecule has 1 heterocycles. The summed E-state index contributed by atoms with van der Waals surface area (Å²) in [5.74, 6) is 4.83. The van der Waals surface area contributed by atoms with Crippen molar-refractivity contribution in [2.75, 3.05) is 0 Å². The number of carboxylic acid groups (broad SMARTS) is 1. The van der Waals surface area contributed by atoms with Crippen LogP contribution in [0.25, 0.3) is 0 Å². The van der Waals surface area contributed by atoms with Crippen molar-refractivity contribution in [3.05, 3.63) is 23.0 Å². The Morgan fingerprint density at radius 1 is 1.57 bits per heavy atom. The Hall–Kier alpha value is -1.69. The number of carbonyl (C=O) groups is 1. The molecule has 0 bridgehead atoms. The molecule has 0 aromatic carbocycles. The van der Waals surface area contributed by atoms with Crippen LogP contribution in [0.2, 0.25) is 0 Å². The zero-order valence-corrected chi connectivity index (χ0v) is 8.59. The van der Waals surface area contributed by atoms with Gasteiger partial charge in [0, 0.05) is 11.4 Å². The second kappa shape index (κ2) is 4.01. The number of nitrogens with zero attached hydrogens (tertiary/aromatic N) is 1. The highest BCUT2D eigenvalue weighted by molar-refractivity contribution is 5.89. The molecule has 1 aromatic heterocycles. The number of carboxylic acids is 1. The van der Waals surface area contributed by atoms with Crippen molar-refractivity contribution in [2.24, 2.45) is 0 Å². The fourth-order valence-corrected chi connectivity index (χ4v) is 1.42. The van der Waals surface area contributed by atoms with Gasteiger partial charge >= 0.3 is 5.97 Å². The van der Waals surface area contributed by atoms with Gasteiger partial charge in [-0.3, -0.25) is 0 Å². The standard InChI is InChI=1S/C11H13NO2/c1-4-5-6-12-8(2)7-10(9(12)3)11(13)14/h7H,6H2,1-3H3,(H,13,14). The van der Waals surface area contributed by atoms with Gasteiger partial charge in [-0.05, 0) is 26.8 Å². The van der Waals surface area contributed by atoms with Gasteiger partial charge in [0.2, 0.25) is 0 Å². The zero-order valence-electron chi connectivity index (χ0n) is 8.59. The van der Waals surface area contributed by atoms with Crippen LogP contribution in [0, 0.1) is 25.7 Å². The van der Waals surface area contributed by atoms with Crippen LogP contribution in [0.4, 0.5) is 0 Å². The van der Waals surface area contributed by atoms with E-state index in [9.17, 15) is 4.79 Å². The largest absolute Gasteiger partial charge is 0.478 e. The van der Waals surface area contributed by atoms with Crippen LogP contribution in [0.3, 0.4) is 0 Å². The van der Waals surface area contributed by atoms with Gasteiger partial charge in [0.1, 0.15) is 0 Å². The Morgan fingerprint density at radius 3 is 2.64 bits per heavy atom. The van der Waals surface area contributed by atoms with E-state index in [2.05, 4.69) is 11.8 Å². The highest BCUT2D eigenvalue weighted by Gasteiger charge is 2.13. The molecule has 0 saturated carbocycles. The number of rotatable bonds is 2. The minimum absolute atomic E-state index is 0.361. The lowest BCUT2D eigenvalue weighted by Crippen LogP contribution is -2.03. The van der Waals surface area contributed by atoms with Gasteiger partial charge in [-0.15, -0.1) is 5.92 Å². The number of aromatic carboxylic acids is 1. The van der Waals surface area contributed by atoms with E-state index in [4.69, 9.17) is 5.11 Å². The van der Waals surface area contributed by atoms with Crippen molar-refractivity contribution in [3.63, 3.8) is 0 Å². The lowest BCUT2D eigenvalue weighted by molar-refractivity contribution is 0.0696. The van der Waals surface area contributed by atoms with Crippen LogP contribution in [-0.4, -0.2) is 15.6 Å². The van der Waals surface area contributed by atoms with Crippen molar-refractivity contribution in [1.29, 1.82) is 0 Å². The molecular formula is C11H13NO2. The van der Waals surface area contributed by atoms with E-state index >= 15 is 0 Å². The third-order valence-electron chi connectivity index (χ3n) is 2.22. The predicted octanol–water partition coefficient (Wildman–Crippen LogP) is 1.83. The minimum atomic E-state index is -0.881. The van der Waals surface area contributed by atoms with E-state index in [1.54, 1.807) is 19.9 Å². The minimum Gasteiger partial charge on any atom is -0.478 e. The lowest BCUT2D eigenvalue weighted by Gasteiger charge is -2.03. The summed E-state index contributed by atoms with van der Waals surface area (Å²) in [6.45, 7) is 6.01. The monoisotopic (exact) mass is 191 g/mol.